The summed E-state index contributed by atoms with van der Waals surface area (Å²) in [5, 5.41) is 12.6. The van der Waals surface area contributed by atoms with Gasteiger partial charge in [0, 0.05) is 21.9 Å². The number of aromatic nitrogens is 3. The highest BCUT2D eigenvalue weighted by molar-refractivity contribution is 7.20. The molecule has 0 spiro atoms. The topological polar surface area (TPSA) is 30.7 Å². The molecule has 0 saturated heterocycles. The first kappa shape index (κ1) is 52.9. The van der Waals surface area contributed by atoms with E-state index in [1.807, 2.05) is 0 Å². The summed E-state index contributed by atoms with van der Waals surface area (Å²) >= 11 is 0. The van der Waals surface area contributed by atoms with E-state index in [0.717, 1.165) is 44.3 Å². The van der Waals surface area contributed by atoms with Crippen molar-refractivity contribution in [2.24, 2.45) is 0 Å². The van der Waals surface area contributed by atoms with Crippen molar-refractivity contribution in [3.05, 3.63) is 358 Å². The van der Waals surface area contributed by atoms with Crippen LogP contribution in [-0.2, 0) is 0 Å². The summed E-state index contributed by atoms with van der Waals surface area (Å²) in [6.07, 6.45) is 0. The molecule has 0 bridgehead atoms. The fraction of sp³-hybridized carbons (Fsp3) is 0. The molecule has 0 fully saturated rings. The molecule has 5 heteroatoms. The Morgan fingerprint density at radius 1 is 0.195 bits per heavy atom. The number of nitrogens with zero attached hydrogens (tertiary/aromatic N) is 3. The first-order valence-corrected chi connectivity index (χ1v) is 33.9. The normalized spacial score (nSPS) is 11.7. The van der Waals surface area contributed by atoms with Crippen molar-refractivity contribution >= 4 is 79.4 Å². The molecule has 410 valence electrons. The number of fused-ring (bicyclic) bond motifs is 3. The second-order valence-corrected chi connectivity index (χ2v) is 30.0. The lowest BCUT2D eigenvalue weighted by molar-refractivity contribution is 0.996. The third-order valence-corrected chi connectivity index (χ3v) is 27.0. The SMILES string of the molecule is c1ccc(-c2cccc([Si](c3cccc(-c4ccccc4)c3)(c3cccc(-c4ccccc4)c3)c3cccc(-c4cc(-c5cccc([Si](c6ccccc6)(c6ccccc6)c6ccccc6)c5)nc(-n5c6ccccc6c6ccccc65)n4)c3)c2)cc1. The van der Waals surface area contributed by atoms with E-state index in [1.54, 1.807) is 0 Å². The molecule has 0 amide bonds. The Morgan fingerprint density at radius 2 is 0.437 bits per heavy atom. The number of hydrogen-bond donors (Lipinski definition) is 0. The van der Waals surface area contributed by atoms with Gasteiger partial charge in [-0.15, -0.1) is 0 Å². The molecule has 15 rings (SSSR count). The summed E-state index contributed by atoms with van der Waals surface area (Å²) in [5.41, 5.74) is 12.9. The molecule has 0 saturated carbocycles. The number of para-hydroxylation sites is 2. The molecule has 0 aliphatic rings. The highest BCUT2D eigenvalue weighted by Crippen LogP contribution is 2.34. The van der Waals surface area contributed by atoms with Crippen molar-refractivity contribution in [1.29, 1.82) is 0 Å². The van der Waals surface area contributed by atoms with Gasteiger partial charge in [-0.25, -0.2) is 9.97 Å². The molecule has 87 heavy (non-hydrogen) atoms. The summed E-state index contributed by atoms with van der Waals surface area (Å²) in [4.78, 5) is 11.5. The van der Waals surface area contributed by atoms with Crippen LogP contribution in [0.15, 0.2) is 358 Å². The van der Waals surface area contributed by atoms with Crippen LogP contribution < -0.4 is 41.5 Å². The summed E-state index contributed by atoms with van der Waals surface area (Å²) in [5.74, 6) is 0.610. The minimum Gasteiger partial charge on any atom is -0.278 e. The molecule has 15 aromatic rings. The van der Waals surface area contributed by atoms with Gasteiger partial charge in [0.2, 0.25) is 5.95 Å². The average Bonchev–Trinajstić information content (AvgIpc) is 1.46. The van der Waals surface area contributed by atoms with E-state index in [2.05, 4.69) is 362 Å². The maximum Gasteiger partial charge on any atom is 0.235 e. The first-order valence-electron chi connectivity index (χ1n) is 29.9. The third-order valence-electron chi connectivity index (χ3n) is 17.5. The number of hydrogen-bond acceptors (Lipinski definition) is 2. The van der Waals surface area contributed by atoms with Crippen molar-refractivity contribution in [3.8, 4) is 61.8 Å². The monoisotopic (exact) mass is 1140 g/mol. The van der Waals surface area contributed by atoms with Crippen LogP contribution in [0, 0.1) is 0 Å². The van der Waals surface area contributed by atoms with Crippen molar-refractivity contribution in [3.63, 3.8) is 0 Å². The van der Waals surface area contributed by atoms with Crippen LogP contribution in [0.2, 0.25) is 0 Å². The summed E-state index contributed by atoms with van der Waals surface area (Å²) in [7, 11) is -6.27. The molecular weight excluding hydrogens is 1080 g/mol. The zero-order chi connectivity index (χ0) is 58.0. The number of rotatable bonds is 14. The summed E-state index contributed by atoms with van der Waals surface area (Å²) in [6.45, 7) is 0. The molecule has 0 unspecified atom stereocenters. The Bertz CT molecular complexity index is 4570. The summed E-state index contributed by atoms with van der Waals surface area (Å²) in [6, 6.07) is 132. The zero-order valence-electron chi connectivity index (χ0n) is 47.9. The highest BCUT2D eigenvalue weighted by atomic mass is 28.3. The van der Waals surface area contributed by atoms with Gasteiger partial charge >= 0.3 is 0 Å². The molecule has 0 atom stereocenters. The van der Waals surface area contributed by atoms with Crippen LogP contribution in [0.25, 0.3) is 83.6 Å². The zero-order valence-corrected chi connectivity index (χ0v) is 49.9. The number of benzene rings is 13. The molecular formula is C82H59N3Si2. The largest absolute Gasteiger partial charge is 0.278 e. The van der Waals surface area contributed by atoms with Crippen LogP contribution in [0.4, 0.5) is 0 Å². The maximum absolute atomic E-state index is 5.76. The van der Waals surface area contributed by atoms with Gasteiger partial charge in [-0.05, 0) is 93.1 Å². The van der Waals surface area contributed by atoms with E-state index in [-0.39, 0.29) is 0 Å². The standard InChI is InChI=1S/C82H59N3Si2/c1-7-28-60(29-8-1)63-34-23-45-71(54-63)87(72-46-24-35-64(55-72)61-30-9-2-10-31-61,73-47-25-36-65(56-73)62-32-11-3-12-33-62)75-49-27-38-67(58-75)79-59-78(83-82(84-79)85-80-52-21-19-50-76(80)77-51-20-22-53-81(77)85)66-37-26-48-74(57-66)86(68-39-13-4-14-40-68,69-41-15-5-16-42-69)70-43-17-6-18-44-70/h1-59H. The van der Waals surface area contributed by atoms with E-state index in [9.17, 15) is 0 Å². The lowest BCUT2D eigenvalue weighted by atomic mass is 10.1. The van der Waals surface area contributed by atoms with Gasteiger partial charge in [0.25, 0.3) is 0 Å². The first-order chi connectivity index (χ1) is 43.1. The quantitative estimate of drug-likeness (QED) is 0.0802. The minimum absolute atomic E-state index is 0.610. The van der Waals surface area contributed by atoms with Crippen LogP contribution in [0.1, 0.15) is 0 Å². The van der Waals surface area contributed by atoms with Gasteiger partial charge < -0.3 is 0 Å². The van der Waals surface area contributed by atoms with Crippen LogP contribution in [0.5, 0.6) is 0 Å². The molecule has 0 radical (unpaired) electrons. The molecule has 0 aliphatic heterocycles. The van der Waals surface area contributed by atoms with Gasteiger partial charge in [-0.1, -0.05) is 340 Å². The second-order valence-electron chi connectivity index (χ2n) is 22.4. The van der Waals surface area contributed by atoms with Gasteiger partial charge in [0.15, 0.2) is 16.1 Å². The van der Waals surface area contributed by atoms with Gasteiger partial charge in [-0.3, -0.25) is 4.57 Å². The lowest BCUT2D eigenvalue weighted by Crippen LogP contribution is -2.74. The Morgan fingerprint density at radius 3 is 0.770 bits per heavy atom. The Balaban J connectivity index is 1.01. The Labute approximate surface area is 510 Å². The molecule has 2 heterocycles. The molecule has 0 aliphatic carbocycles. The van der Waals surface area contributed by atoms with E-state index in [0.29, 0.717) is 5.95 Å². The lowest BCUT2D eigenvalue weighted by Gasteiger charge is -2.35. The van der Waals surface area contributed by atoms with E-state index in [1.165, 1.54) is 74.9 Å². The smallest absolute Gasteiger partial charge is 0.235 e. The van der Waals surface area contributed by atoms with Gasteiger partial charge in [0.05, 0.1) is 22.4 Å². The maximum atomic E-state index is 5.76. The van der Waals surface area contributed by atoms with Gasteiger partial charge in [-0.2, -0.15) is 0 Å². The predicted octanol–water partition coefficient (Wildman–Crippen LogP) is 14.7. The molecule has 3 nitrogen and oxygen atoms in total. The van der Waals surface area contributed by atoms with Crippen LogP contribution >= 0.6 is 0 Å². The second kappa shape index (κ2) is 23.0. The van der Waals surface area contributed by atoms with Crippen molar-refractivity contribution in [2.45, 2.75) is 0 Å². The van der Waals surface area contributed by atoms with E-state index < -0.39 is 16.1 Å². The van der Waals surface area contributed by atoms with Gasteiger partial charge in [0.1, 0.15) is 0 Å². The van der Waals surface area contributed by atoms with Crippen molar-refractivity contribution < 1.29 is 0 Å². The predicted molar refractivity (Wildman–Crippen MR) is 371 cm³/mol. The summed E-state index contributed by atoms with van der Waals surface area (Å²) < 4.78 is 2.26. The molecule has 13 aromatic carbocycles. The fourth-order valence-electron chi connectivity index (χ4n) is 13.5. The minimum atomic E-state index is -3.34. The van der Waals surface area contributed by atoms with Crippen LogP contribution in [0.3, 0.4) is 0 Å². The Kier molecular flexibility index (Phi) is 14.0. The molecule has 2 aromatic heterocycles. The van der Waals surface area contributed by atoms with Crippen molar-refractivity contribution in [1.82, 2.24) is 14.5 Å². The van der Waals surface area contributed by atoms with Crippen LogP contribution in [-0.4, -0.2) is 30.7 Å². The average molecular weight is 1140 g/mol. The van der Waals surface area contributed by atoms with E-state index >= 15 is 0 Å². The third kappa shape index (κ3) is 9.56. The highest BCUT2D eigenvalue weighted by Gasteiger charge is 2.44. The fourth-order valence-corrected chi connectivity index (χ4v) is 23.2. The Hall–Kier alpha value is -10.8. The molecule has 0 N–H and O–H groups in total. The van der Waals surface area contributed by atoms with E-state index in [4.69, 9.17) is 9.97 Å². The van der Waals surface area contributed by atoms with Crippen molar-refractivity contribution in [2.75, 3.05) is 0 Å².